The molecule has 6 N–H and O–H groups in total. The van der Waals surface area contributed by atoms with Crippen molar-refractivity contribution in [3.63, 3.8) is 0 Å². The summed E-state index contributed by atoms with van der Waals surface area (Å²) in [5.74, 6) is -0.213. The van der Waals surface area contributed by atoms with E-state index in [4.69, 9.17) is 14.2 Å². The Kier molecular flexibility index (Phi) is 47.2. The van der Waals surface area contributed by atoms with Crippen LogP contribution < -0.4 is 5.32 Å². The van der Waals surface area contributed by atoms with Gasteiger partial charge < -0.3 is 45.1 Å². The number of carbonyl (C=O) groups excluding carboxylic acids is 2. The zero-order chi connectivity index (χ0) is 51.7. The van der Waals surface area contributed by atoms with E-state index in [-0.39, 0.29) is 18.5 Å². The van der Waals surface area contributed by atoms with Gasteiger partial charge in [-0.1, -0.05) is 211 Å². The van der Waals surface area contributed by atoms with E-state index in [1.165, 1.54) is 161 Å². The number of esters is 1. The highest BCUT2D eigenvalue weighted by Crippen LogP contribution is 2.23. The van der Waals surface area contributed by atoms with Crippen molar-refractivity contribution in [2.45, 2.75) is 314 Å². The van der Waals surface area contributed by atoms with Crippen molar-refractivity contribution < 1.29 is 49.3 Å². The van der Waals surface area contributed by atoms with Crippen LogP contribution in [0.3, 0.4) is 0 Å². The summed E-state index contributed by atoms with van der Waals surface area (Å²) in [6.45, 7) is 4.29. The lowest BCUT2D eigenvalue weighted by Gasteiger charge is -2.40. The third kappa shape index (κ3) is 39.9. The van der Waals surface area contributed by atoms with Gasteiger partial charge in [0.1, 0.15) is 24.4 Å². The Morgan fingerprint density at radius 3 is 1.35 bits per heavy atom. The third-order valence-corrected chi connectivity index (χ3v) is 14.0. The molecule has 0 aromatic rings. The number of amides is 1. The average Bonchev–Trinajstić information content (AvgIpc) is 3.37. The topological polar surface area (TPSA) is 175 Å². The number of hydrogen-bond donors (Lipinski definition) is 6. The number of rotatable bonds is 51. The van der Waals surface area contributed by atoms with Gasteiger partial charge in [0.15, 0.2) is 6.29 Å². The molecule has 7 unspecified atom stereocenters. The first-order chi connectivity index (χ1) is 34.7. The second kappa shape index (κ2) is 50.1. The standard InChI is InChI=1S/C60H111NO10/c1-3-5-7-9-11-13-14-15-21-25-28-32-36-40-44-48-56(65)69-49-45-41-37-33-29-26-23-20-18-16-17-19-22-24-27-31-35-39-43-47-55(64)61-52(53(63)46-42-38-34-30-12-10-8-6-4-2)51-70-60-59(68)58(67)57(66)54(50-62)71-60/h15-17,21,42,46,52-54,57-60,62-63,66-68H,3-14,18-20,22-41,43-45,47-51H2,1-2H3,(H,61,64)/b17-16-,21-15-,46-42+. The molecule has 11 nitrogen and oxygen atoms in total. The van der Waals surface area contributed by atoms with Crippen molar-refractivity contribution in [3.8, 4) is 0 Å². The molecule has 0 aliphatic carbocycles. The van der Waals surface area contributed by atoms with E-state index in [2.05, 4.69) is 43.5 Å². The van der Waals surface area contributed by atoms with Gasteiger partial charge in [0, 0.05) is 12.8 Å². The molecule has 1 rings (SSSR count). The van der Waals surface area contributed by atoms with Gasteiger partial charge in [-0.3, -0.25) is 9.59 Å². The van der Waals surface area contributed by atoms with Crippen LogP contribution in [0, 0.1) is 0 Å². The van der Waals surface area contributed by atoms with Crippen LogP contribution in [-0.2, 0) is 23.8 Å². The fraction of sp³-hybridized carbons (Fsp3) is 0.867. The number of ether oxygens (including phenoxy) is 3. The molecule has 1 amide bonds. The molecular weight excluding hydrogens is 895 g/mol. The highest BCUT2D eigenvalue weighted by atomic mass is 16.7. The highest BCUT2D eigenvalue weighted by Gasteiger charge is 2.44. The van der Waals surface area contributed by atoms with Crippen LogP contribution in [0.15, 0.2) is 36.5 Å². The molecule has 71 heavy (non-hydrogen) atoms. The second-order valence-corrected chi connectivity index (χ2v) is 20.7. The zero-order valence-corrected chi connectivity index (χ0v) is 45.7. The molecule has 1 aliphatic rings. The van der Waals surface area contributed by atoms with Crippen molar-refractivity contribution in [3.05, 3.63) is 36.5 Å². The number of carbonyl (C=O) groups is 2. The number of aliphatic hydroxyl groups is 5. The predicted octanol–water partition coefficient (Wildman–Crippen LogP) is 13.5. The van der Waals surface area contributed by atoms with E-state index in [1.807, 2.05) is 6.08 Å². The molecule has 1 aliphatic heterocycles. The molecule has 11 heteroatoms. The number of unbranched alkanes of at least 4 members (excludes halogenated alkanes) is 33. The van der Waals surface area contributed by atoms with Crippen molar-refractivity contribution in [1.29, 1.82) is 0 Å². The smallest absolute Gasteiger partial charge is 0.305 e. The van der Waals surface area contributed by atoms with Gasteiger partial charge in [-0.15, -0.1) is 0 Å². The molecule has 0 radical (unpaired) electrons. The van der Waals surface area contributed by atoms with Crippen LogP contribution in [0.2, 0.25) is 0 Å². The first-order valence-corrected chi connectivity index (χ1v) is 29.8. The number of nitrogens with one attached hydrogen (secondary N) is 1. The fourth-order valence-corrected chi connectivity index (χ4v) is 9.19. The molecular formula is C60H111NO10. The Morgan fingerprint density at radius 2 is 0.901 bits per heavy atom. The molecule has 1 fully saturated rings. The molecule has 1 saturated heterocycles. The molecule has 416 valence electrons. The van der Waals surface area contributed by atoms with Crippen LogP contribution in [0.4, 0.5) is 0 Å². The molecule has 0 aromatic carbocycles. The third-order valence-electron chi connectivity index (χ3n) is 14.0. The number of aliphatic hydroxyl groups excluding tert-OH is 5. The van der Waals surface area contributed by atoms with Crippen molar-refractivity contribution >= 4 is 11.9 Å². The molecule has 0 aromatic heterocycles. The zero-order valence-electron chi connectivity index (χ0n) is 45.7. The Hall–Kier alpha value is -2.12. The van der Waals surface area contributed by atoms with Crippen LogP contribution >= 0.6 is 0 Å². The van der Waals surface area contributed by atoms with Crippen LogP contribution in [0.5, 0.6) is 0 Å². The van der Waals surface area contributed by atoms with Crippen LogP contribution in [0.25, 0.3) is 0 Å². The van der Waals surface area contributed by atoms with E-state index in [1.54, 1.807) is 6.08 Å². The summed E-state index contributed by atoms with van der Waals surface area (Å²) < 4.78 is 16.7. The molecule has 0 bridgehead atoms. The first-order valence-electron chi connectivity index (χ1n) is 29.8. The number of hydrogen-bond acceptors (Lipinski definition) is 10. The van der Waals surface area contributed by atoms with E-state index >= 15 is 0 Å². The highest BCUT2D eigenvalue weighted by molar-refractivity contribution is 5.76. The first kappa shape index (κ1) is 66.9. The summed E-state index contributed by atoms with van der Waals surface area (Å²) in [6.07, 6.45) is 51.0. The minimum Gasteiger partial charge on any atom is -0.466 e. The molecule has 0 saturated carbocycles. The Labute approximate surface area is 434 Å². The van der Waals surface area contributed by atoms with Gasteiger partial charge in [-0.2, -0.15) is 0 Å². The van der Waals surface area contributed by atoms with Gasteiger partial charge >= 0.3 is 5.97 Å². The normalized spacial score (nSPS) is 19.3. The summed E-state index contributed by atoms with van der Waals surface area (Å²) in [5.41, 5.74) is 0. The van der Waals surface area contributed by atoms with Gasteiger partial charge in [0.05, 0.1) is 32.0 Å². The minimum atomic E-state index is -1.57. The monoisotopic (exact) mass is 1010 g/mol. The Balaban J connectivity index is 2.03. The predicted molar refractivity (Wildman–Crippen MR) is 292 cm³/mol. The lowest BCUT2D eigenvalue weighted by Crippen LogP contribution is -2.60. The summed E-state index contributed by atoms with van der Waals surface area (Å²) in [5, 5.41) is 54.2. The van der Waals surface area contributed by atoms with Gasteiger partial charge in [0.2, 0.25) is 5.91 Å². The minimum absolute atomic E-state index is 0.0192. The largest absolute Gasteiger partial charge is 0.466 e. The van der Waals surface area contributed by atoms with Crippen molar-refractivity contribution in [2.24, 2.45) is 0 Å². The van der Waals surface area contributed by atoms with Crippen LogP contribution in [-0.4, -0.2) is 100 Å². The van der Waals surface area contributed by atoms with Crippen molar-refractivity contribution in [1.82, 2.24) is 5.32 Å². The molecule has 0 spiro atoms. The van der Waals surface area contributed by atoms with Gasteiger partial charge in [0.25, 0.3) is 0 Å². The SMILES string of the molecule is CCCCCCCC/C=C\CCCCCCCC(=O)OCCCCCCCCCC/C=C\CCCCCCCCCC(=O)NC(COC1OC(CO)C(O)C(O)C1O)C(O)/C=C/CCCCCCCCC. The van der Waals surface area contributed by atoms with E-state index in [0.717, 1.165) is 83.5 Å². The quantitative estimate of drug-likeness (QED) is 0.0195. The average molecular weight is 1010 g/mol. The fourth-order valence-electron chi connectivity index (χ4n) is 9.19. The van der Waals surface area contributed by atoms with E-state index in [0.29, 0.717) is 19.4 Å². The Morgan fingerprint density at radius 1 is 0.507 bits per heavy atom. The van der Waals surface area contributed by atoms with Gasteiger partial charge in [-0.05, 0) is 83.5 Å². The second-order valence-electron chi connectivity index (χ2n) is 20.7. The van der Waals surface area contributed by atoms with E-state index in [9.17, 15) is 35.1 Å². The lowest BCUT2D eigenvalue weighted by molar-refractivity contribution is -0.302. The van der Waals surface area contributed by atoms with Gasteiger partial charge in [-0.25, -0.2) is 0 Å². The summed E-state index contributed by atoms with van der Waals surface area (Å²) in [6, 6.07) is -0.816. The Bertz CT molecular complexity index is 1280. The summed E-state index contributed by atoms with van der Waals surface area (Å²) in [4.78, 5) is 25.0. The van der Waals surface area contributed by atoms with Crippen LogP contribution in [0.1, 0.15) is 271 Å². The maximum atomic E-state index is 13.0. The molecule has 1 heterocycles. The summed E-state index contributed by atoms with van der Waals surface area (Å²) >= 11 is 0. The lowest BCUT2D eigenvalue weighted by atomic mass is 9.99. The number of allylic oxidation sites excluding steroid dienone is 5. The molecule has 7 atom stereocenters. The summed E-state index contributed by atoms with van der Waals surface area (Å²) in [7, 11) is 0. The maximum Gasteiger partial charge on any atom is 0.305 e. The van der Waals surface area contributed by atoms with Crippen molar-refractivity contribution in [2.75, 3.05) is 19.8 Å². The van der Waals surface area contributed by atoms with E-state index < -0.39 is 49.5 Å². The maximum absolute atomic E-state index is 13.0.